The van der Waals surface area contributed by atoms with Crippen molar-refractivity contribution in [2.75, 3.05) is 26.7 Å². The Kier molecular flexibility index (Phi) is 10.0. The molecule has 4 heteroatoms. The van der Waals surface area contributed by atoms with Crippen molar-refractivity contribution < 1.29 is 9.53 Å². The minimum Gasteiger partial charge on any atom is -0.496 e. The highest BCUT2D eigenvalue weighted by molar-refractivity contribution is 5.96. The average Bonchev–Trinajstić information content (AvgIpc) is 3.06. The predicted molar refractivity (Wildman–Crippen MR) is 143 cm³/mol. The topological polar surface area (TPSA) is 41.6 Å². The van der Waals surface area contributed by atoms with Crippen LogP contribution < -0.4 is 10.1 Å². The highest BCUT2D eigenvalue weighted by Gasteiger charge is 2.20. The van der Waals surface area contributed by atoms with Gasteiger partial charge in [0.05, 0.1) is 7.11 Å². The summed E-state index contributed by atoms with van der Waals surface area (Å²) in [6, 6.07) is 14.4. The van der Waals surface area contributed by atoms with Crippen molar-refractivity contribution in [3.63, 3.8) is 0 Å². The fourth-order valence-electron chi connectivity index (χ4n) is 5.13. The molecule has 1 aliphatic heterocycles. The summed E-state index contributed by atoms with van der Waals surface area (Å²) in [7, 11) is 1.73. The van der Waals surface area contributed by atoms with E-state index < -0.39 is 0 Å². The number of nitrogens with zero attached hydrogens (tertiary/aromatic N) is 1. The third kappa shape index (κ3) is 7.59. The Morgan fingerprint density at radius 2 is 1.68 bits per heavy atom. The number of rotatable bonds is 10. The Morgan fingerprint density at radius 1 is 0.971 bits per heavy atom. The zero-order valence-corrected chi connectivity index (χ0v) is 21.9. The Labute approximate surface area is 207 Å². The van der Waals surface area contributed by atoms with E-state index in [2.05, 4.69) is 62.2 Å². The maximum Gasteiger partial charge on any atom is 0.251 e. The zero-order chi connectivity index (χ0) is 24.5. The molecule has 1 heterocycles. The molecule has 0 aliphatic carbocycles. The molecule has 0 aromatic heterocycles. The normalized spacial score (nSPS) is 15.9. The Bertz CT molecular complexity index is 914. The number of methoxy groups -OCH3 is 1. The molecule has 1 aliphatic rings. The first kappa shape index (κ1) is 26.3. The van der Waals surface area contributed by atoms with E-state index in [1.165, 1.54) is 31.2 Å². The summed E-state index contributed by atoms with van der Waals surface area (Å²) in [6.07, 6.45) is 7.14. The van der Waals surface area contributed by atoms with Crippen LogP contribution >= 0.6 is 0 Å². The fraction of sp³-hybridized carbons (Fsp3) is 0.567. The van der Waals surface area contributed by atoms with Crippen LogP contribution in [-0.2, 0) is 6.42 Å². The van der Waals surface area contributed by atoms with Crippen molar-refractivity contribution in [2.45, 2.75) is 72.3 Å². The van der Waals surface area contributed by atoms with Crippen LogP contribution in [0.15, 0.2) is 42.5 Å². The quantitative estimate of drug-likeness (QED) is 0.432. The lowest BCUT2D eigenvalue weighted by Crippen LogP contribution is -2.44. The molecule has 0 saturated carbocycles. The van der Waals surface area contributed by atoms with Gasteiger partial charge in [0.25, 0.3) is 5.91 Å². The number of ether oxygens (including phenoxy) is 1. The Morgan fingerprint density at radius 3 is 2.32 bits per heavy atom. The van der Waals surface area contributed by atoms with Gasteiger partial charge >= 0.3 is 0 Å². The van der Waals surface area contributed by atoms with E-state index in [0.29, 0.717) is 17.4 Å². The molecule has 1 fully saturated rings. The lowest BCUT2D eigenvalue weighted by atomic mass is 9.95. The number of amides is 1. The van der Waals surface area contributed by atoms with Gasteiger partial charge in [0.15, 0.2) is 0 Å². The molecule has 1 atom stereocenters. The molecule has 3 rings (SSSR count). The molecule has 0 unspecified atom stereocenters. The molecule has 34 heavy (non-hydrogen) atoms. The van der Waals surface area contributed by atoms with Crippen LogP contribution in [0.5, 0.6) is 5.75 Å². The number of hydrogen-bond donors (Lipinski definition) is 1. The SMILES string of the molecule is COc1c(CC(C)C)cccc1-c1cccc(C(=O)N[C@H](CC(C)C)CN2CCCCCC2)c1. The van der Waals surface area contributed by atoms with Gasteiger partial charge in [-0.1, -0.05) is 70.9 Å². The van der Waals surface area contributed by atoms with Gasteiger partial charge in [-0.2, -0.15) is 0 Å². The number of para-hydroxylation sites is 1. The summed E-state index contributed by atoms with van der Waals surface area (Å²) in [4.78, 5) is 15.9. The number of carbonyl (C=O) groups is 1. The Balaban J connectivity index is 1.79. The van der Waals surface area contributed by atoms with Gasteiger partial charge in [-0.3, -0.25) is 4.79 Å². The van der Waals surface area contributed by atoms with Gasteiger partial charge in [0.2, 0.25) is 0 Å². The van der Waals surface area contributed by atoms with Crippen LogP contribution in [0.4, 0.5) is 0 Å². The van der Waals surface area contributed by atoms with E-state index in [0.717, 1.165) is 49.4 Å². The first-order valence-corrected chi connectivity index (χ1v) is 13.2. The molecule has 1 amide bonds. The first-order chi connectivity index (χ1) is 16.4. The van der Waals surface area contributed by atoms with Gasteiger partial charge in [0, 0.05) is 23.7 Å². The summed E-state index contributed by atoms with van der Waals surface area (Å²) in [5, 5.41) is 3.37. The van der Waals surface area contributed by atoms with Crippen LogP contribution in [-0.4, -0.2) is 43.6 Å². The largest absolute Gasteiger partial charge is 0.496 e. The third-order valence-corrected chi connectivity index (χ3v) is 6.63. The van der Waals surface area contributed by atoms with Crippen LogP contribution in [0.25, 0.3) is 11.1 Å². The van der Waals surface area contributed by atoms with Gasteiger partial charge < -0.3 is 15.0 Å². The number of nitrogens with one attached hydrogen (secondary N) is 1. The van der Waals surface area contributed by atoms with E-state index >= 15 is 0 Å². The molecular weight excluding hydrogens is 420 g/mol. The fourth-order valence-corrected chi connectivity index (χ4v) is 5.13. The van der Waals surface area contributed by atoms with Gasteiger partial charge in [-0.05, 0) is 73.9 Å². The van der Waals surface area contributed by atoms with Crippen LogP contribution in [0.3, 0.4) is 0 Å². The van der Waals surface area contributed by atoms with Crippen molar-refractivity contribution in [3.8, 4) is 16.9 Å². The van der Waals surface area contributed by atoms with Crippen LogP contribution in [0.1, 0.15) is 75.7 Å². The summed E-state index contributed by atoms with van der Waals surface area (Å²) in [6.45, 7) is 12.1. The van der Waals surface area contributed by atoms with Gasteiger partial charge in [-0.25, -0.2) is 0 Å². The van der Waals surface area contributed by atoms with Crippen molar-refractivity contribution in [3.05, 3.63) is 53.6 Å². The van der Waals surface area contributed by atoms with Crippen molar-refractivity contribution in [1.82, 2.24) is 10.2 Å². The predicted octanol–water partition coefficient (Wildman–Crippen LogP) is 6.58. The van der Waals surface area contributed by atoms with E-state index in [4.69, 9.17) is 4.74 Å². The molecular formula is C30H44N2O2. The summed E-state index contributed by atoms with van der Waals surface area (Å²) in [5.41, 5.74) is 3.97. The number of hydrogen-bond acceptors (Lipinski definition) is 3. The molecule has 4 nitrogen and oxygen atoms in total. The maximum atomic E-state index is 13.3. The van der Waals surface area contributed by atoms with Crippen LogP contribution in [0, 0.1) is 11.8 Å². The zero-order valence-electron chi connectivity index (χ0n) is 21.9. The standard InChI is InChI=1S/C30H44N2O2/c1-22(2)18-25-13-11-15-28(29(25)34-5)24-12-10-14-26(20-24)30(33)31-27(19-23(3)4)21-32-16-8-6-7-9-17-32/h10-15,20,22-23,27H,6-9,16-19,21H2,1-5H3,(H,31,33)/t27-/m1/s1. The van der Waals surface area contributed by atoms with Crippen molar-refractivity contribution in [2.24, 2.45) is 11.8 Å². The van der Waals surface area contributed by atoms with E-state index in [9.17, 15) is 4.79 Å². The maximum absolute atomic E-state index is 13.3. The third-order valence-electron chi connectivity index (χ3n) is 6.63. The van der Waals surface area contributed by atoms with Crippen molar-refractivity contribution >= 4 is 5.91 Å². The summed E-state index contributed by atoms with van der Waals surface area (Å²) >= 11 is 0. The highest BCUT2D eigenvalue weighted by Crippen LogP contribution is 2.34. The van der Waals surface area contributed by atoms with E-state index in [1.807, 2.05) is 18.2 Å². The molecule has 0 radical (unpaired) electrons. The Hall–Kier alpha value is -2.33. The molecule has 1 saturated heterocycles. The smallest absolute Gasteiger partial charge is 0.251 e. The minimum absolute atomic E-state index is 0.0135. The molecule has 1 N–H and O–H groups in total. The molecule has 0 bridgehead atoms. The lowest BCUT2D eigenvalue weighted by molar-refractivity contribution is 0.0918. The molecule has 186 valence electrons. The van der Waals surface area contributed by atoms with Gasteiger partial charge in [-0.15, -0.1) is 0 Å². The second-order valence-electron chi connectivity index (χ2n) is 10.7. The van der Waals surface area contributed by atoms with Crippen molar-refractivity contribution in [1.29, 1.82) is 0 Å². The highest BCUT2D eigenvalue weighted by atomic mass is 16.5. The molecule has 2 aromatic rings. The average molecular weight is 465 g/mol. The summed E-state index contributed by atoms with van der Waals surface area (Å²) in [5.74, 6) is 2.01. The minimum atomic E-state index is 0.0135. The second-order valence-corrected chi connectivity index (χ2v) is 10.7. The van der Waals surface area contributed by atoms with Crippen LogP contribution in [0.2, 0.25) is 0 Å². The second kappa shape index (κ2) is 12.9. The number of benzene rings is 2. The molecule has 2 aromatic carbocycles. The summed E-state index contributed by atoms with van der Waals surface area (Å²) < 4.78 is 5.83. The molecule has 0 spiro atoms. The van der Waals surface area contributed by atoms with E-state index in [-0.39, 0.29) is 11.9 Å². The first-order valence-electron chi connectivity index (χ1n) is 13.2. The monoisotopic (exact) mass is 464 g/mol. The number of carbonyl (C=O) groups excluding carboxylic acids is 1. The number of likely N-dealkylation sites (tertiary alicyclic amines) is 1. The van der Waals surface area contributed by atoms with E-state index in [1.54, 1.807) is 7.11 Å². The van der Waals surface area contributed by atoms with Gasteiger partial charge in [0.1, 0.15) is 5.75 Å². The lowest BCUT2D eigenvalue weighted by Gasteiger charge is -2.28.